The van der Waals surface area contributed by atoms with Gasteiger partial charge in [0.15, 0.2) is 0 Å². The van der Waals surface area contributed by atoms with Crippen molar-refractivity contribution in [1.82, 2.24) is 4.90 Å². The second-order valence-electron chi connectivity index (χ2n) is 4.82. The van der Waals surface area contributed by atoms with Crippen LogP contribution in [0.15, 0.2) is 60.7 Å². The maximum absolute atomic E-state index is 9.21. The zero-order valence-electron chi connectivity index (χ0n) is 11.5. The molecular weight excluding hydrogens is 270 g/mol. The molecule has 0 fully saturated rings. The maximum Gasteiger partial charge on any atom is 0.0712 e. The van der Waals surface area contributed by atoms with Crippen LogP contribution in [0.2, 0.25) is 0 Å². The predicted molar refractivity (Wildman–Crippen MR) is 83.8 cm³/mol. The number of rotatable bonds is 7. The van der Waals surface area contributed by atoms with E-state index in [1.807, 2.05) is 48.5 Å². The van der Waals surface area contributed by atoms with Gasteiger partial charge >= 0.3 is 0 Å². The van der Waals surface area contributed by atoms with Crippen LogP contribution in [0.25, 0.3) is 0 Å². The minimum absolute atomic E-state index is 0.0635. The Hall–Kier alpha value is -1.35. The molecule has 0 saturated heterocycles. The van der Waals surface area contributed by atoms with Crippen molar-refractivity contribution < 1.29 is 5.11 Å². The van der Waals surface area contributed by atoms with E-state index in [1.54, 1.807) is 0 Å². The number of aliphatic hydroxyl groups is 1. The van der Waals surface area contributed by atoms with Crippen molar-refractivity contribution in [2.45, 2.75) is 11.9 Å². The molecule has 0 aromatic heterocycles. The molecule has 3 heteroatoms. The van der Waals surface area contributed by atoms with E-state index in [0.29, 0.717) is 6.54 Å². The summed E-state index contributed by atoms with van der Waals surface area (Å²) in [6, 6.07) is 20.3. The zero-order valence-corrected chi connectivity index (χ0v) is 12.2. The lowest BCUT2D eigenvalue weighted by atomic mass is 10.1. The average molecular weight is 290 g/mol. The molecule has 0 aliphatic rings. The van der Waals surface area contributed by atoms with Gasteiger partial charge in [0.2, 0.25) is 0 Å². The Morgan fingerprint density at radius 1 is 0.950 bits per heavy atom. The lowest BCUT2D eigenvalue weighted by Gasteiger charge is -2.24. The van der Waals surface area contributed by atoms with Crippen molar-refractivity contribution in [1.29, 1.82) is 0 Å². The number of alkyl halides is 1. The third kappa shape index (κ3) is 4.64. The Bertz CT molecular complexity index is 489. The van der Waals surface area contributed by atoms with E-state index in [9.17, 15) is 5.11 Å². The van der Waals surface area contributed by atoms with Crippen molar-refractivity contribution in [3.63, 3.8) is 0 Å². The van der Waals surface area contributed by atoms with Crippen LogP contribution < -0.4 is 0 Å². The average Bonchev–Trinajstić information content (AvgIpc) is 2.49. The molecule has 0 saturated carbocycles. The summed E-state index contributed by atoms with van der Waals surface area (Å²) in [5, 5.41) is 9.15. The van der Waals surface area contributed by atoms with Gasteiger partial charge in [-0.05, 0) is 11.1 Å². The molecule has 0 radical (unpaired) electrons. The van der Waals surface area contributed by atoms with Gasteiger partial charge < -0.3 is 5.11 Å². The third-order valence-corrected chi connectivity index (χ3v) is 3.63. The first kappa shape index (κ1) is 15.0. The van der Waals surface area contributed by atoms with Crippen molar-refractivity contribution in [3.05, 3.63) is 71.8 Å². The summed E-state index contributed by atoms with van der Waals surface area (Å²) in [6.45, 7) is 2.30. The van der Waals surface area contributed by atoms with Crippen LogP contribution in [0.4, 0.5) is 0 Å². The predicted octanol–water partition coefficient (Wildman–Crippen LogP) is 3.46. The van der Waals surface area contributed by atoms with Gasteiger partial charge in [0.25, 0.3) is 0 Å². The fourth-order valence-electron chi connectivity index (χ4n) is 2.21. The molecule has 2 aromatic carbocycles. The van der Waals surface area contributed by atoms with Crippen LogP contribution >= 0.6 is 11.6 Å². The van der Waals surface area contributed by atoms with Crippen molar-refractivity contribution in [2.75, 3.05) is 19.7 Å². The first-order chi connectivity index (χ1) is 9.79. The molecule has 1 unspecified atom stereocenters. The second kappa shape index (κ2) is 8.05. The van der Waals surface area contributed by atoms with Crippen molar-refractivity contribution in [2.24, 2.45) is 0 Å². The van der Waals surface area contributed by atoms with Crippen LogP contribution in [0.3, 0.4) is 0 Å². The molecular formula is C17H20ClNO. The largest absolute Gasteiger partial charge is 0.395 e. The molecule has 0 heterocycles. The van der Waals surface area contributed by atoms with E-state index < -0.39 is 0 Å². The first-order valence-corrected chi connectivity index (χ1v) is 7.29. The first-order valence-electron chi connectivity index (χ1n) is 6.85. The minimum atomic E-state index is -0.0635. The quantitative estimate of drug-likeness (QED) is 0.789. The maximum atomic E-state index is 9.21. The highest BCUT2D eigenvalue weighted by molar-refractivity contribution is 6.21. The van der Waals surface area contributed by atoms with Gasteiger partial charge in [0.05, 0.1) is 12.0 Å². The SMILES string of the molecule is OCCN(Cc1ccccc1)CC(Cl)c1ccccc1. The molecule has 1 N–H and O–H groups in total. The topological polar surface area (TPSA) is 23.5 Å². The van der Waals surface area contributed by atoms with Gasteiger partial charge in [-0.2, -0.15) is 0 Å². The zero-order chi connectivity index (χ0) is 14.2. The molecule has 0 aliphatic heterocycles. The van der Waals surface area contributed by atoms with Gasteiger partial charge in [-0.1, -0.05) is 60.7 Å². The summed E-state index contributed by atoms with van der Waals surface area (Å²) in [4.78, 5) is 2.18. The van der Waals surface area contributed by atoms with Crippen LogP contribution in [-0.2, 0) is 6.54 Å². The molecule has 0 amide bonds. The van der Waals surface area contributed by atoms with Crippen molar-refractivity contribution >= 4 is 11.6 Å². The third-order valence-electron chi connectivity index (χ3n) is 3.24. The molecule has 2 rings (SSSR count). The van der Waals surface area contributed by atoms with Gasteiger partial charge in [-0.25, -0.2) is 0 Å². The van der Waals surface area contributed by atoms with E-state index in [1.165, 1.54) is 5.56 Å². The molecule has 0 spiro atoms. The van der Waals surface area contributed by atoms with Gasteiger partial charge in [0.1, 0.15) is 0 Å². The Labute approximate surface area is 125 Å². The molecule has 0 aliphatic carbocycles. The van der Waals surface area contributed by atoms with Crippen LogP contribution in [-0.4, -0.2) is 29.7 Å². The number of hydrogen-bond donors (Lipinski definition) is 1. The highest BCUT2D eigenvalue weighted by Crippen LogP contribution is 2.22. The van der Waals surface area contributed by atoms with Crippen LogP contribution in [0.1, 0.15) is 16.5 Å². The lowest BCUT2D eigenvalue weighted by Crippen LogP contribution is -2.29. The summed E-state index contributed by atoms with van der Waals surface area (Å²) < 4.78 is 0. The Balaban J connectivity index is 1.98. The smallest absolute Gasteiger partial charge is 0.0712 e. The Morgan fingerprint density at radius 3 is 2.15 bits per heavy atom. The summed E-state index contributed by atoms with van der Waals surface area (Å²) in [7, 11) is 0. The fourth-order valence-corrected chi connectivity index (χ4v) is 2.55. The second-order valence-corrected chi connectivity index (χ2v) is 5.35. The highest BCUT2D eigenvalue weighted by atomic mass is 35.5. The van der Waals surface area contributed by atoms with Crippen LogP contribution in [0.5, 0.6) is 0 Å². The Morgan fingerprint density at radius 2 is 1.55 bits per heavy atom. The number of hydrogen-bond acceptors (Lipinski definition) is 2. The van der Waals surface area contributed by atoms with Gasteiger partial charge in [0, 0.05) is 19.6 Å². The van der Waals surface area contributed by atoms with E-state index in [0.717, 1.165) is 18.7 Å². The number of nitrogens with zero attached hydrogens (tertiary/aromatic N) is 1. The standard InChI is InChI=1S/C17H20ClNO/c18-17(16-9-5-2-6-10-16)14-19(11-12-20)13-15-7-3-1-4-8-15/h1-10,17,20H,11-14H2. The number of benzene rings is 2. The summed E-state index contributed by atoms with van der Waals surface area (Å²) in [5.74, 6) is 0. The van der Waals surface area contributed by atoms with Gasteiger partial charge in [-0.15, -0.1) is 11.6 Å². The number of halogens is 1. The molecule has 2 nitrogen and oxygen atoms in total. The molecule has 0 bridgehead atoms. The van der Waals surface area contributed by atoms with E-state index in [4.69, 9.17) is 11.6 Å². The summed E-state index contributed by atoms with van der Waals surface area (Å²) in [5.41, 5.74) is 2.35. The summed E-state index contributed by atoms with van der Waals surface area (Å²) >= 11 is 6.48. The number of aliphatic hydroxyl groups excluding tert-OH is 1. The highest BCUT2D eigenvalue weighted by Gasteiger charge is 2.13. The molecule has 20 heavy (non-hydrogen) atoms. The Kier molecular flexibility index (Phi) is 6.06. The van der Waals surface area contributed by atoms with Gasteiger partial charge in [-0.3, -0.25) is 4.90 Å². The minimum Gasteiger partial charge on any atom is -0.395 e. The molecule has 2 aromatic rings. The normalized spacial score (nSPS) is 12.6. The van der Waals surface area contributed by atoms with Crippen LogP contribution in [0, 0.1) is 0 Å². The fraction of sp³-hybridized carbons (Fsp3) is 0.294. The van der Waals surface area contributed by atoms with E-state index in [2.05, 4.69) is 17.0 Å². The monoisotopic (exact) mass is 289 g/mol. The summed E-state index contributed by atoms with van der Waals surface area (Å²) in [6.07, 6.45) is 0. The lowest BCUT2D eigenvalue weighted by molar-refractivity contribution is 0.190. The van der Waals surface area contributed by atoms with E-state index >= 15 is 0 Å². The van der Waals surface area contributed by atoms with Crippen molar-refractivity contribution in [3.8, 4) is 0 Å². The molecule has 1 atom stereocenters. The van der Waals surface area contributed by atoms with E-state index in [-0.39, 0.29) is 12.0 Å². The molecule has 106 valence electrons.